The van der Waals surface area contributed by atoms with Gasteiger partial charge >= 0.3 is 0 Å². The summed E-state index contributed by atoms with van der Waals surface area (Å²) in [6, 6.07) is 15.7. The average molecular weight is 575 g/mol. The van der Waals surface area contributed by atoms with Crippen LogP contribution < -0.4 is 0 Å². The molecule has 133 valence electrons. The van der Waals surface area contributed by atoms with Crippen molar-refractivity contribution in [3.05, 3.63) is 70.5 Å². The molecule has 2 aromatic carbocycles. The van der Waals surface area contributed by atoms with Crippen LogP contribution in [0.15, 0.2) is 53.3 Å². The first kappa shape index (κ1) is 20.1. The third-order valence-corrected chi connectivity index (χ3v) is 4.67. The molecule has 4 heteroatoms. The van der Waals surface area contributed by atoms with E-state index in [4.69, 9.17) is 0 Å². The second-order valence-corrected chi connectivity index (χ2v) is 7.56. The molecule has 0 saturated heterocycles. The summed E-state index contributed by atoms with van der Waals surface area (Å²) in [5.41, 5.74) is 4.90. The van der Waals surface area contributed by atoms with Crippen LogP contribution in [0.3, 0.4) is 0 Å². The van der Waals surface area contributed by atoms with Crippen LogP contribution in [0.5, 0.6) is 0 Å². The summed E-state index contributed by atoms with van der Waals surface area (Å²) in [5.74, 6) is 1.77. The molecule has 0 N–H and O–H groups in total. The summed E-state index contributed by atoms with van der Waals surface area (Å²) in [4.78, 5) is 4.61. The summed E-state index contributed by atoms with van der Waals surface area (Å²) in [7, 11) is 0. The van der Waals surface area contributed by atoms with E-state index in [1.54, 1.807) is 0 Å². The standard InChI is InChI=1S/C21H22BrN2.Ir/c1-14(2)18-12-17(22)13-19(15(3)4)20(18)24-11-10-23-21(24)16-8-6-5-7-9-16;/h5-8,10-15H,1-4H3;/q-1;. The number of halogens is 1. The summed E-state index contributed by atoms with van der Waals surface area (Å²) in [5, 5.41) is 0. The Kier molecular flexibility index (Phi) is 6.78. The van der Waals surface area contributed by atoms with Gasteiger partial charge in [-0.2, -0.15) is 0 Å². The van der Waals surface area contributed by atoms with Gasteiger partial charge in [-0.15, -0.1) is 35.9 Å². The molecular formula is C21H22BrIrN2-. The smallest absolute Gasteiger partial charge is 0.0602 e. The molecule has 0 amide bonds. The van der Waals surface area contributed by atoms with Crippen LogP contribution >= 0.6 is 15.9 Å². The Morgan fingerprint density at radius 3 is 2.20 bits per heavy atom. The Morgan fingerprint density at radius 2 is 1.68 bits per heavy atom. The van der Waals surface area contributed by atoms with E-state index in [2.05, 4.69) is 83.6 Å². The van der Waals surface area contributed by atoms with Gasteiger partial charge < -0.3 is 4.57 Å². The molecule has 0 aliphatic heterocycles. The van der Waals surface area contributed by atoms with E-state index >= 15 is 0 Å². The quantitative estimate of drug-likeness (QED) is 0.333. The Labute approximate surface area is 172 Å². The maximum absolute atomic E-state index is 4.61. The predicted octanol–water partition coefficient (Wildman–Crippen LogP) is 6.35. The van der Waals surface area contributed by atoms with Crippen molar-refractivity contribution in [2.75, 3.05) is 0 Å². The first-order valence-electron chi connectivity index (χ1n) is 8.33. The van der Waals surface area contributed by atoms with Crippen molar-refractivity contribution in [2.45, 2.75) is 39.5 Å². The zero-order valence-corrected chi connectivity index (χ0v) is 18.9. The number of imidazole rings is 1. The van der Waals surface area contributed by atoms with Gasteiger partial charge in [-0.3, -0.25) is 4.98 Å². The third-order valence-electron chi connectivity index (χ3n) is 4.21. The molecule has 0 atom stereocenters. The molecule has 0 aliphatic rings. The van der Waals surface area contributed by atoms with Crippen LogP contribution in [-0.2, 0) is 20.1 Å². The number of aromatic nitrogens is 2. The minimum absolute atomic E-state index is 0. The van der Waals surface area contributed by atoms with Gasteiger partial charge in [-0.05, 0) is 35.1 Å². The minimum atomic E-state index is 0. The molecule has 1 radical (unpaired) electrons. The maximum Gasteiger partial charge on any atom is 0.0602 e. The largest absolute Gasteiger partial charge is 0.340 e. The molecule has 0 saturated carbocycles. The Morgan fingerprint density at radius 1 is 1.04 bits per heavy atom. The normalized spacial score (nSPS) is 11.0. The second kappa shape index (κ2) is 8.44. The van der Waals surface area contributed by atoms with E-state index in [0.717, 1.165) is 15.9 Å². The number of rotatable bonds is 4. The van der Waals surface area contributed by atoms with Gasteiger partial charge in [0.2, 0.25) is 0 Å². The molecule has 3 rings (SSSR count). The van der Waals surface area contributed by atoms with Gasteiger partial charge in [0.1, 0.15) is 0 Å². The van der Waals surface area contributed by atoms with Crippen LogP contribution in [0.4, 0.5) is 0 Å². The van der Waals surface area contributed by atoms with Crippen molar-refractivity contribution in [1.82, 2.24) is 9.55 Å². The minimum Gasteiger partial charge on any atom is -0.340 e. The van der Waals surface area contributed by atoms with Gasteiger partial charge in [-0.25, -0.2) is 0 Å². The zero-order valence-electron chi connectivity index (χ0n) is 14.9. The van der Waals surface area contributed by atoms with Crippen LogP contribution in [0.25, 0.3) is 17.1 Å². The van der Waals surface area contributed by atoms with Crippen LogP contribution in [0, 0.1) is 6.07 Å². The Hall–Kier alpha value is -1.22. The Bertz CT molecular complexity index is 809. The molecule has 1 heterocycles. The summed E-state index contributed by atoms with van der Waals surface area (Å²) < 4.78 is 3.34. The monoisotopic (exact) mass is 574 g/mol. The van der Waals surface area contributed by atoms with Gasteiger partial charge in [-0.1, -0.05) is 43.6 Å². The molecule has 0 aliphatic carbocycles. The predicted molar refractivity (Wildman–Crippen MR) is 104 cm³/mol. The van der Waals surface area contributed by atoms with E-state index in [9.17, 15) is 0 Å². The van der Waals surface area contributed by atoms with Crippen molar-refractivity contribution in [3.63, 3.8) is 0 Å². The van der Waals surface area contributed by atoms with Crippen molar-refractivity contribution < 1.29 is 20.1 Å². The van der Waals surface area contributed by atoms with E-state index < -0.39 is 0 Å². The average Bonchev–Trinajstić information content (AvgIpc) is 3.04. The second-order valence-electron chi connectivity index (χ2n) is 6.64. The SMILES string of the molecule is CC(C)c1cc(Br)cc(C(C)C)c1-n1ccnc1-c1[c-]cccc1.[Ir]. The fraction of sp³-hybridized carbons (Fsp3) is 0.286. The third kappa shape index (κ3) is 4.13. The fourth-order valence-electron chi connectivity index (χ4n) is 3.02. The van der Waals surface area contributed by atoms with E-state index in [0.29, 0.717) is 11.8 Å². The molecular weight excluding hydrogens is 552 g/mol. The zero-order chi connectivity index (χ0) is 17.3. The van der Waals surface area contributed by atoms with E-state index in [-0.39, 0.29) is 20.1 Å². The summed E-state index contributed by atoms with van der Waals surface area (Å²) in [6.07, 6.45) is 3.92. The van der Waals surface area contributed by atoms with Crippen molar-refractivity contribution in [1.29, 1.82) is 0 Å². The van der Waals surface area contributed by atoms with Crippen molar-refractivity contribution in [3.8, 4) is 17.1 Å². The Balaban J connectivity index is 0.00000225. The molecule has 0 fully saturated rings. The number of nitrogens with zero attached hydrogens (tertiary/aromatic N) is 2. The fourth-order valence-corrected chi connectivity index (χ4v) is 3.51. The molecule has 0 spiro atoms. The van der Waals surface area contributed by atoms with Crippen LogP contribution in [0.1, 0.15) is 50.7 Å². The summed E-state index contributed by atoms with van der Waals surface area (Å²) >= 11 is 3.68. The van der Waals surface area contributed by atoms with E-state index in [1.807, 2.05) is 24.4 Å². The van der Waals surface area contributed by atoms with Gasteiger partial charge in [0, 0.05) is 42.7 Å². The topological polar surface area (TPSA) is 17.8 Å². The molecule has 0 unspecified atom stereocenters. The first-order chi connectivity index (χ1) is 11.5. The van der Waals surface area contributed by atoms with E-state index in [1.165, 1.54) is 16.8 Å². The molecule has 1 aromatic heterocycles. The van der Waals surface area contributed by atoms with Crippen molar-refractivity contribution >= 4 is 15.9 Å². The van der Waals surface area contributed by atoms with Crippen LogP contribution in [0.2, 0.25) is 0 Å². The summed E-state index contributed by atoms with van der Waals surface area (Å²) in [6.45, 7) is 8.95. The van der Waals surface area contributed by atoms with Gasteiger partial charge in [0.05, 0.1) is 5.82 Å². The van der Waals surface area contributed by atoms with Crippen LogP contribution in [-0.4, -0.2) is 9.55 Å². The number of benzene rings is 2. The number of hydrogen-bond donors (Lipinski definition) is 0. The molecule has 0 bridgehead atoms. The molecule has 25 heavy (non-hydrogen) atoms. The van der Waals surface area contributed by atoms with Crippen molar-refractivity contribution in [2.24, 2.45) is 0 Å². The van der Waals surface area contributed by atoms with Gasteiger partial charge in [0.15, 0.2) is 0 Å². The maximum atomic E-state index is 4.61. The number of hydrogen-bond acceptors (Lipinski definition) is 1. The molecule has 2 nitrogen and oxygen atoms in total. The first-order valence-corrected chi connectivity index (χ1v) is 9.12. The molecule has 3 aromatic rings. The van der Waals surface area contributed by atoms with Gasteiger partial charge in [0.25, 0.3) is 0 Å².